The zero-order valence-corrected chi connectivity index (χ0v) is 11.8. The van der Waals surface area contributed by atoms with Crippen molar-refractivity contribution < 1.29 is 19.7 Å². The Morgan fingerprint density at radius 1 is 1.35 bits per heavy atom. The number of esters is 1. The van der Waals surface area contributed by atoms with Crippen LogP contribution < -0.4 is 4.74 Å². The van der Waals surface area contributed by atoms with Crippen molar-refractivity contribution in [2.24, 2.45) is 5.41 Å². The van der Waals surface area contributed by atoms with Crippen molar-refractivity contribution in [1.82, 2.24) is 4.98 Å². The first-order valence-corrected chi connectivity index (χ1v) is 6.46. The summed E-state index contributed by atoms with van der Waals surface area (Å²) in [5, 5.41) is 19.7. The molecule has 0 spiro atoms. The number of nitrogens with one attached hydrogen (secondary N) is 1. The highest BCUT2D eigenvalue weighted by Crippen LogP contribution is 2.35. The van der Waals surface area contributed by atoms with Gasteiger partial charge in [-0.05, 0) is 32.9 Å². The molecule has 0 aliphatic heterocycles. The number of rotatable bonds is 3. The van der Waals surface area contributed by atoms with Gasteiger partial charge in [0.2, 0.25) is 0 Å². The Balaban J connectivity index is 2.51. The molecule has 0 saturated heterocycles. The fraction of sp³-hybridized carbons (Fsp3) is 0.400. The van der Waals surface area contributed by atoms with Gasteiger partial charge in [0.1, 0.15) is 6.10 Å². The monoisotopic (exact) mass is 277 g/mol. The lowest BCUT2D eigenvalue weighted by Gasteiger charge is -2.17. The number of hydrogen-bond donors (Lipinski definition) is 3. The topological polar surface area (TPSA) is 82.6 Å². The van der Waals surface area contributed by atoms with Crippen LogP contribution in [0.25, 0.3) is 10.9 Å². The van der Waals surface area contributed by atoms with Gasteiger partial charge in [-0.3, -0.25) is 4.79 Å². The molecule has 3 N–H and O–H groups in total. The Bertz CT molecular complexity index is 624. The van der Waals surface area contributed by atoms with Crippen LogP contribution in [-0.2, 0) is 4.79 Å². The molecule has 1 unspecified atom stereocenters. The normalized spacial score (nSPS) is 13.4. The number of aromatic nitrogens is 1. The summed E-state index contributed by atoms with van der Waals surface area (Å²) >= 11 is 0. The summed E-state index contributed by atoms with van der Waals surface area (Å²) in [5.74, 6) is -0.115. The second kappa shape index (κ2) is 5.26. The average Bonchev–Trinajstić information content (AvgIpc) is 2.76. The van der Waals surface area contributed by atoms with E-state index >= 15 is 0 Å². The van der Waals surface area contributed by atoms with Gasteiger partial charge in [0, 0.05) is 10.9 Å². The largest absolute Gasteiger partial charge is 0.423 e. The third-order valence-electron chi connectivity index (χ3n) is 3.00. The molecule has 0 aliphatic carbocycles. The molecule has 1 atom stereocenters. The SMILES string of the molecule is CC(C)(C)C(=O)Oc1c(C(O)CO)[nH]c2ccccc12. The number of hydrogen-bond acceptors (Lipinski definition) is 4. The fourth-order valence-electron chi connectivity index (χ4n) is 1.82. The molecule has 0 amide bonds. The smallest absolute Gasteiger partial charge is 0.316 e. The van der Waals surface area contributed by atoms with E-state index in [-0.39, 0.29) is 5.75 Å². The van der Waals surface area contributed by atoms with Gasteiger partial charge in [-0.1, -0.05) is 12.1 Å². The van der Waals surface area contributed by atoms with Crippen LogP contribution in [0.3, 0.4) is 0 Å². The lowest BCUT2D eigenvalue weighted by molar-refractivity contribution is -0.143. The van der Waals surface area contributed by atoms with E-state index < -0.39 is 24.1 Å². The third-order valence-corrected chi connectivity index (χ3v) is 3.00. The van der Waals surface area contributed by atoms with Gasteiger partial charge >= 0.3 is 5.97 Å². The Kier molecular flexibility index (Phi) is 3.83. The van der Waals surface area contributed by atoms with Gasteiger partial charge in [-0.15, -0.1) is 0 Å². The Labute approximate surface area is 117 Å². The number of carbonyl (C=O) groups excluding carboxylic acids is 1. The summed E-state index contributed by atoms with van der Waals surface area (Å²) in [6, 6.07) is 7.27. The first-order chi connectivity index (χ1) is 9.34. The molecule has 0 fully saturated rings. The van der Waals surface area contributed by atoms with Crippen molar-refractivity contribution in [2.75, 3.05) is 6.61 Å². The van der Waals surface area contributed by atoms with E-state index in [0.717, 1.165) is 5.52 Å². The van der Waals surface area contributed by atoms with E-state index in [2.05, 4.69) is 4.98 Å². The van der Waals surface area contributed by atoms with E-state index in [4.69, 9.17) is 9.84 Å². The van der Waals surface area contributed by atoms with E-state index in [9.17, 15) is 9.90 Å². The number of benzene rings is 1. The van der Waals surface area contributed by atoms with Crippen LogP contribution in [0.5, 0.6) is 5.75 Å². The van der Waals surface area contributed by atoms with E-state index in [0.29, 0.717) is 11.1 Å². The van der Waals surface area contributed by atoms with E-state index in [1.165, 1.54) is 0 Å². The van der Waals surface area contributed by atoms with Crippen molar-refractivity contribution in [2.45, 2.75) is 26.9 Å². The summed E-state index contributed by atoms with van der Waals surface area (Å²) in [6.07, 6.45) is -1.12. The summed E-state index contributed by atoms with van der Waals surface area (Å²) < 4.78 is 5.44. The predicted octanol–water partition coefficient (Wildman–Crippen LogP) is 2.15. The number of para-hydroxylation sites is 1. The molecule has 0 radical (unpaired) electrons. The number of ether oxygens (including phenoxy) is 1. The summed E-state index contributed by atoms with van der Waals surface area (Å²) in [7, 11) is 0. The molecule has 2 aromatic rings. The molecule has 0 aliphatic rings. The maximum atomic E-state index is 12.1. The Morgan fingerprint density at radius 3 is 2.60 bits per heavy atom. The summed E-state index contributed by atoms with van der Waals surface area (Å²) in [5.41, 5.74) is 0.401. The van der Waals surface area contributed by atoms with Crippen molar-refractivity contribution in [1.29, 1.82) is 0 Å². The molecule has 1 heterocycles. The number of aliphatic hydroxyl groups is 2. The molecular weight excluding hydrogens is 258 g/mol. The zero-order valence-electron chi connectivity index (χ0n) is 11.8. The highest BCUT2D eigenvalue weighted by molar-refractivity contribution is 5.91. The van der Waals surface area contributed by atoms with E-state index in [1.54, 1.807) is 26.8 Å². The lowest BCUT2D eigenvalue weighted by atomic mass is 9.97. The molecule has 20 heavy (non-hydrogen) atoms. The maximum absolute atomic E-state index is 12.1. The minimum atomic E-state index is -1.12. The number of aromatic amines is 1. The van der Waals surface area contributed by atoms with Crippen molar-refractivity contribution >= 4 is 16.9 Å². The van der Waals surface area contributed by atoms with Gasteiger partial charge in [0.15, 0.2) is 5.75 Å². The molecule has 0 saturated carbocycles. The summed E-state index contributed by atoms with van der Waals surface area (Å²) in [4.78, 5) is 15.0. The van der Waals surface area contributed by atoms with E-state index in [1.807, 2.05) is 18.2 Å². The minimum Gasteiger partial charge on any atom is -0.423 e. The first kappa shape index (κ1) is 14.6. The molecule has 1 aromatic carbocycles. The Hall–Kier alpha value is -1.85. The lowest BCUT2D eigenvalue weighted by Crippen LogP contribution is -2.26. The van der Waals surface area contributed by atoms with Crippen LogP contribution >= 0.6 is 0 Å². The van der Waals surface area contributed by atoms with Gasteiger partial charge in [0.25, 0.3) is 0 Å². The maximum Gasteiger partial charge on any atom is 0.316 e. The van der Waals surface area contributed by atoms with Crippen LogP contribution in [0.1, 0.15) is 32.6 Å². The minimum absolute atomic E-state index is 0.280. The third kappa shape index (κ3) is 2.69. The molecule has 5 nitrogen and oxygen atoms in total. The number of aliphatic hydroxyl groups excluding tert-OH is 2. The fourth-order valence-corrected chi connectivity index (χ4v) is 1.82. The van der Waals surface area contributed by atoms with Crippen LogP contribution in [0.15, 0.2) is 24.3 Å². The molecule has 108 valence electrons. The zero-order chi connectivity index (χ0) is 14.9. The average molecular weight is 277 g/mol. The standard InChI is InChI=1S/C15H19NO4/c1-15(2,3)14(19)20-13-9-6-4-5-7-10(9)16-12(13)11(18)8-17/h4-7,11,16-18H,8H2,1-3H3. The highest BCUT2D eigenvalue weighted by atomic mass is 16.5. The van der Waals surface area contributed by atoms with Crippen LogP contribution in [0, 0.1) is 5.41 Å². The van der Waals surface area contributed by atoms with Crippen LogP contribution in [0.2, 0.25) is 0 Å². The molecule has 0 bridgehead atoms. The Morgan fingerprint density at radius 2 is 2.00 bits per heavy atom. The van der Waals surface area contributed by atoms with Gasteiger partial charge in [0.05, 0.1) is 17.7 Å². The summed E-state index contributed by atoms with van der Waals surface area (Å²) in [6.45, 7) is 4.82. The molecule has 2 rings (SSSR count). The van der Waals surface area contributed by atoms with Gasteiger partial charge < -0.3 is 19.9 Å². The molecule has 5 heteroatoms. The second-order valence-electron chi connectivity index (χ2n) is 5.75. The van der Waals surface area contributed by atoms with Crippen LogP contribution in [0.4, 0.5) is 0 Å². The highest BCUT2D eigenvalue weighted by Gasteiger charge is 2.27. The van der Waals surface area contributed by atoms with Gasteiger partial charge in [-0.2, -0.15) is 0 Å². The first-order valence-electron chi connectivity index (χ1n) is 6.46. The number of fused-ring (bicyclic) bond motifs is 1. The number of carbonyl (C=O) groups is 1. The molecule has 1 aromatic heterocycles. The number of H-pyrrole nitrogens is 1. The van der Waals surface area contributed by atoms with Crippen LogP contribution in [-0.4, -0.2) is 27.8 Å². The second-order valence-corrected chi connectivity index (χ2v) is 5.75. The van der Waals surface area contributed by atoms with Crippen molar-refractivity contribution in [3.8, 4) is 5.75 Å². The van der Waals surface area contributed by atoms with Crippen molar-refractivity contribution in [3.05, 3.63) is 30.0 Å². The molecular formula is C15H19NO4. The quantitative estimate of drug-likeness (QED) is 0.751. The predicted molar refractivity (Wildman–Crippen MR) is 75.4 cm³/mol. The van der Waals surface area contributed by atoms with Gasteiger partial charge in [-0.25, -0.2) is 0 Å². The van der Waals surface area contributed by atoms with Crippen molar-refractivity contribution in [3.63, 3.8) is 0 Å².